The molecule has 0 aliphatic carbocycles. The van der Waals surface area contributed by atoms with Gasteiger partial charge in [-0.05, 0) is 73.2 Å². The molecule has 0 radical (unpaired) electrons. The molecule has 3 amide bonds. The summed E-state index contributed by atoms with van der Waals surface area (Å²) < 4.78 is 37.4. The van der Waals surface area contributed by atoms with E-state index in [1.165, 1.54) is 4.31 Å². The van der Waals surface area contributed by atoms with Crippen molar-refractivity contribution in [2.45, 2.75) is 90.4 Å². The third kappa shape index (κ3) is 6.94. The molecule has 3 aromatic carbocycles. The first-order valence-electron chi connectivity index (χ1n) is 16.7. The molecule has 13 nitrogen and oxygen atoms in total. The first kappa shape index (κ1) is 36.5. The van der Waals surface area contributed by atoms with Crippen molar-refractivity contribution in [2.75, 3.05) is 6.54 Å². The van der Waals surface area contributed by atoms with Crippen LogP contribution in [0, 0.1) is 19.3 Å². The zero-order valence-electron chi connectivity index (χ0n) is 29.3. The smallest absolute Gasteiger partial charge is 0.247 e. The number of carbonyl (C=O) groups excluding carboxylic acids is 3. The molecule has 0 saturated heterocycles. The standard InChI is InChI=1S/C36H45N7O6S/c1-7-25-20-42(50(47,48)30-12-10-9-11-29(30)49-25)19-24-17-23(14-13-21(24)3)32(26-15-16-28-33(22(26)4)40-41-43(28)8-2)36(5,6)35(46)39-27(34(38)45)18-31(37)44/h9-17,25,27,32H,7-8,18-20H2,1-6H3,(H2,37,44)(H2,38,45)(H,39,46)/t25-,27+,32+/m1/s1. The Hall–Kier alpha value is -4.82. The lowest BCUT2D eigenvalue weighted by Gasteiger charge is -2.36. The Labute approximate surface area is 292 Å². The van der Waals surface area contributed by atoms with Gasteiger partial charge in [0.25, 0.3) is 0 Å². The number of fused-ring (bicyclic) bond motifs is 2. The van der Waals surface area contributed by atoms with Gasteiger partial charge in [0, 0.05) is 19.0 Å². The number of carbonyl (C=O) groups is 3. The third-order valence-electron chi connectivity index (χ3n) is 9.63. The third-order valence-corrected chi connectivity index (χ3v) is 11.5. The Bertz CT molecular complexity index is 2060. The van der Waals surface area contributed by atoms with E-state index in [-0.39, 0.29) is 24.1 Å². The fraction of sp³-hybridized carbons (Fsp3) is 0.417. The van der Waals surface area contributed by atoms with E-state index < -0.39 is 51.5 Å². The van der Waals surface area contributed by atoms with Crippen LogP contribution in [0.15, 0.2) is 59.5 Å². The number of hydrogen-bond acceptors (Lipinski definition) is 8. The number of rotatable bonds is 12. The molecule has 5 rings (SSSR count). The summed E-state index contributed by atoms with van der Waals surface area (Å²) in [5.41, 5.74) is 15.1. The van der Waals surface area contributed by atoms with Crippen molar-refractivity contribution in [3.8, 4) is 5.75 Å². The molecular weight excluding hydrogens is 659 g/mol. The molecule has 50 heavy (non-hydrogen) atoms. The van der Waals surface area contributed by atoms with Gasteiger partial charge in [0.15, 0.2) is 0 Å². The van der Waals surface area contributed by atoms with Crippen molar-refractivity contribution in [2.24, 2.45) is 16.9 Å². The lowest BCUT2D eigenvalue weighted by molar-refractivity contribution is -0.134. The number of sulfonamides is 1. The lowest BCUT2D eigenvalue weighted by atomic mass is 9.69. The van der Waals surface area contributed by atoms with Crippen LogP contribution in [0.3, 0.4) is 0 Å². The number of nitrogens with two attached hydrogens (primary N) is 2. The van der Waals surface area contributed by atoms with E-state index >= 15 is 0 Å². The average molecular weight is 704 g/mol. The molecule has 0 saturated carbocycles. The number of nitrogens with zero attached hydrogens (tertiary/aromatic N) is 4. The summed E-state index contributed by atoms with van der Waals surface area (Å²) in [5.74, 6) is -2.50. The van der Waals surface area contributed by atoms with Gasteiger partial charge in [-0.25, -0.2) is 13.1 Å². The van der Waals surface area contributed by atoms with Crippen molar-refractivity contribution in [3.05, 3.63) is 82.4 Å². The van der Waals surface area contributed by atoms with Crippen LogP contribution in [0.4, 0.5) is 0 Å². The fourth-order valence-electron chi connectivity index (χ4n) is 6.65. The summed E-state index contributed by atoms with van der Waals surface area (Å²) in [6.45, 7) is 12.1. The molecule has 0 spiro atoms. The highest BCUT2D eigenvalue weighted by atomic mass is 32.2. The van der Waals surface area contributed by atoms with Crippen LogP contribution in [-0.4, -0.2) is 64.1 Å². The highest BCUT2D eigenvalue weighted by molar-refractivity contribution is 7.89. The van der Waals surface area contributed by atoms with E-state index in [1.807, 2.05) is 58.0 Å². The van der Waals surface area contributed by atoms with Crippen molar-refractivity contribution < 1.29 is 27.5 Å². The van der Waals surface area contributed by atoms with Crippen LogP contribution in [0.5, 0.6) is 5.75 Å². The number of hydrogen-bond donors (Lipinski definition) is 3. The van der Waals surface area contributed by atoms with Crippen LogP contribution in [-0.2, 0) is 37.5 Å². The van der Waals surface area contributed by atoms with Crippen LogP contribution in [0.25, 0.3) is 11.0 Å². The molecular formula is C36H45N7O6S. The molecule has 5 N–H and O–H groups in total. The number of ether oxygens (including phenoxy) is 1. The van der Waals surface area contributed by atoms with Gasteiger partial charge in [-0.2, -0.15) is 4.31 Å². The monoisotopic (exact) mass is 703 g/mol. The molecule has 1 aliphatic rings. The van der Waals surface area contributed by atoms with E-state index in [2.05, 4.69) is 15.6 Å². The van der Waals surface area contributed by atoms with Gasteiger partial charge < -0.3 is 21.5 Å². The predicted octanol–water partition coefficient (Wildman–Crippen LogP) is 3.43. The Morgan fingerprint density at radius 1 is 1.06 bits per heavy atom. The summed E-state index contributed by atoms with van der Waals surface area (Å²) in [5, 5.41) is 11.4. The molecule has 3 atom stereocenters. The molecule has 266 valence electrons. The minimum absolute atomic E-state index is 0.0702. The average Bonchev–Trinajstić information content (AvgIpc) is 3.45. The number of aryl methyl sites for hydroxylation is 3. The minimum Gasteiger partial charge on any atom is -0.488 e. The number of nitrogens with one attached hydrogen (secondary N) is 1. The minimum atomic E-state index is -3.92. The van der Waals surface area contributed by atoms with Gasteiger partial charge in [-0.15, -0.1) is 5.10 Å². The van der Waals surface area contributed by atoms with Gasteiger partial charge in [0.1, 0.15) is 28.3 Å². The largest absolute Gasteiger partial charge is 0.488 e. The second-order valence-corrected chi connectivity index (χ2v) is 15.3. The zero-order chi connectivity index (χ0) is 36.5. The first-order valence-corrected chi connectivity index (χ1v) is 18.1. The Morgan fingerprint density at radius 3 is 2.44 bits per heavy atom. The highest BCUT2D eigenvalue weighted by Gasteiger charge is 2.42. The molecule has 2 heterocycles. The summed E-state index contributed by atoms with van der Waals surface area (Å²) in [6, 6.07) is 15.0. The zero-order valence-corrected chi connectivity index (χ0v) is 30.1. The summed E-state index contributed by atoms with van der Waals surface area (Å²) in [4.78, 5) is 38.2. The Kier molecular flexibility index (Phi) is 10.4. The molecule has 0 unspecified atom stereocenters. The maximum Gasteiger partial charge on any atom is 0.247 e. The topological polar surface area (TPSA) is 193 Å². The second-order valence-electron chi connectivity index (χ2n) is 13.4. The van der Waals surface area contributed by atoms with E-state index in [0.717, 1.165) is 33.3 Å². The molecule has 1 aromatic heterocycles. The summed E-state index contributed by atoms with van der Waals surface area (Å²) in [6.07, 6.45) is -0.189. The van der Waals surface area contributed by atoms with Crippen LogP contribution >= 0.6 is 0 Å². The van der Waals surface area contributed by atoms with E-state index in [9.17, 15) is 22.8 Å². The number of benzene rings is 3. The quantitative estimate of drug-likeness (QED) is 0.200. The van der Waals surface area contributed by atoms with E-state index in [1.54, 1.807) is 42.8 Å². The fourth-order valence-corrected chi connectivity index (χ4v) is 8.22. The first-order chi connectivity index (χ1) is 23.6. The molecule has 1 aliphatic heterocycles. The van der Waals surface area contributed by atoms with Crippen molar-refractivity contribution in [1.29, 1.82) is 0 Å². The van der Waals surface area contributed by atoms with Crippen LogP contribution in [0.1, 0.15) is 74.3 Å². The highest BCUT2D eigenvalue weighted by Crippen LogP contribution is 2.44. The molecule has 0 fully saturated rings. The van der Waals surface area contributed by atoms with Crippen LogP contribution in [0.2, 0.25) is 0 Å². The molecule has 4 aromatic rings. The van der Waals surface area contributed by atoms with E-state index in [0.29, 0.717) is 24.2 Å². The normalized spacial score (nSPS) is 17.3. The number of para-hydroxylation sites is 1. The van der Waals surface area contributed by atoms with Gasteiger partial charge in [-0.3, -0.25) is 14.4 Å². The van der Waals surface area contributed by atoms with Crippen molar-refractivity contribution >= 4 is 38.8 Å². The van der Waals surface area contributed by atoms with Gasteiger partial charge in [-0.1, -0.05) is 62.4 Å². The van der Waals surface area contributed by atoms with Crippen LogP contribution < -0.4 is 21.5 Å². The van der Waals surface area contributed by atoms with Gasteiger partial charge in [0.2, 0.25) is 27.7 Å². The maximum absolute atomic E-state index is 14.1. The SMILES string of the molecule is CC[C@@H]1CN(Cc2cc([C@@H](c3ccc4c(nnn4CC)c3C)C(C)(C)C(=O)N[C@@H](CC(N)=O)C(N)=O)ccc2C)S(=O)(=O)c2ccccc2O1. The number of aromatic nitrogens is 3. The van der Waals surface area contributed by atoms with Crippen molar-refractivity contribution in [3.63, 3.8) is 0 Å². The van der Waals surface area contributed by atoms with Gasteiger partial charge in [0.05, 0.1) is 23.9 Å². The van der Waals surface area contributed by atoms with Crippen molar-refractivity contribution in [1.82, 2.24) is 24.6 Å². The molecule has 0 bridgehead atoms. The Balaban J connectivity index is 1.63. The number of amides is 3. The Morgan fingerprint density at radius 2 is 1.78 bits per heavy atom. The summed E-state index contributed by atoms with van der Waals surface area (Å²) in [7, 11) is -3.92. The molecule has 14 heteroatoms. The lowest BCUT2D eigenvalue weighted by Crippen LogP contribution is -2.51. The predicted molar refractivity (Wildman–Crippen MR) is 188 cm³/mol. The maximum atomic E-state index is 14.1. The summed E-state index contributed by atoms with van der Waals surface area (Å²) >= 11 is 0. The number of primary amides is 2. The van der Waals surface area contributed by atoms with Gasteiger partial charge >= 0.3 is 0 Å². The van der Waals surface area contributed by atoms with E-state index in [4.69, 9.17) is 16.2 Å². The second kappa shape index (κ2) is 14.2.